The fourth-order valence-corrected chi connectivity index (χ4v) is 4.89. The van der Waals surface area contributed by atoms with Gasteiger partial charge in [0, 0.05) is 18.8 Å². The molecule has 164 valence electrons. The maximum absolute atomic E-state index is 13.9. The number of amides is 1. The number of benzene rings is 1. The van der Waals surface area contributed by atoms with E-state index in [-0.39, 0.29) is 12.5 Å². The first-order chi connectivity index (χ1) is 14.1. The summed E-state index contributed by atoms with van der Waals surface area (Å²) in [5.41, 5.74) is 0.433. The van der Waals surface area contributed by atoms with Crippen molar-refractivity contribution in [2.45, 2.75) is 45.2 Å². The van der Waals surface area contributed by atoms with Crippen molar-refractivity contribution in [3.8, 4) is 0 Å². The van der Waals surface area contributed by atoms with Gasteiger partial charge in [-0.05, 0) is 25.0 Å². The van der Waals surface area contributed by atoms with Gasteiger partial charge in [0.15, 0.2) is 5.13 Å². The van der Waals surface area contributed by atoms with Crippen LogP contribution in [-0.2, 0) is 31.0 Å². The van der Waals surface area contributed by atoms with Gasteiger partial charge in [-0.1, -0.05) is 26.0 Å². The number of carbonyl (C=O) groups is 2. The molecule has 0 fully saturated rings. The summed E-state index contributed by atoms with van der Waals surface area (Å²) >= 11 is 1.24. The molecule has 0 saturated carbocycles. The van der Waals surface area contributed by atoms with Crippen LogP contribution in [0.1, 0.15) is 33.4 Å². The smallest absolute Gasteiger partial charge is 0.324 e. The lowest BCUT2D eigenvalue weighted by Gasteiger charge is -2.20. The van der Waals surface area contributed by atoms with Gasteiger partial charge >= 0.3 is 5.97 Å². The van der Waals surface area contributed by atoms with Crippen LogP contribution in [0, 0.1) is 11.7 Å². The zero-order valence-corrected chi connectivity index (χ0v) is 18.7. The van der Waals surface area contributed by atoms with Gasteiger partial charge in [0.1, 0.15) is 23.4 Å². The summed E-state index contributed by atoms with van der Waals surface area (Å²) < 4.78 is 46.4. The van der Waals surface area contributed by atoms with E-state index in [1.807, 2.05) is 6.92 Å². The largest absolute Gasteiger partial charge is 0.458 e. The number of hydrogen-bond donors (Lipinski definition) is 1. The summed E-state index contributed by atoms with van der Waals surface area (Å²) in [6.07, 6.45) is 0. The monoisotopic (exact) mass is 457 g/mol. The number of thiazole rings is 1. The van der Waals surface area contributed by atoms with E-state index < -0.39 is 38.7 Å². The fourth-order valence-electron chi connectivity index (χ4n) is 2.56. The molecule has 2 aromatic rings. The summed E-state index contributed by atoms with van der Waals surface area (Å²) in [6.45, 7) is 6.80. The molecule has 0 aliphatic heterocycles. The van der Waals surface area contributed by atoms with Crippen molar-refractivity contribution in [3.05, 3.63) is 41.2 Å². The molecule has 2 rings (SSSR count). The lowest BCUT2D eigenvalue weighted by atomic mass is 10.1. The van der Waals surface area contributed by atoms with Crippen molar-refractivity contribution in [2.75, 3.05) is 11.4 Å². The van der Waals surface area contributed by atoms with Crippen molar-refractivity contribution in [2.24, 2.45) is 5.92 Å². The molecule has 0 bridgehead atoms. The molecular formula is C19H24FN3O5S2. The van der Waals surface area contributed by atoms with Gasteiger partial charge < -0.3 is 4.74 Å². The van der Waals surface area contributed by atoms with Gasteiger partial charge in [-0.2, -0.15) is 4.72 Å². The highest BCUT2D eigenvalue weighted by Crippen LogP contribution is 2.21. The van der Waals surface area contributed by atoms with Crippen LogP contribution in [0.4, 0.5) is 9.52 Å². The molecule has 0 aliphatic rings. The molecule has 1 atom stereocenters. The van der Waals surface area contributed by atoms with E-state index in [0.717, 1.165) is 12.1 Å². The van der Waals surface area contributed by atoms with Crippen LogP contribution >= 0.6 is 11.3 Å². The van der Waals surface area contributed by atoms with Gasteiger partial charge in [0.2, 0.25) is 15.9 Å². The highest BCUT2D eigenvalue weighted by Gasteiger charge is 2.31. The summed E-state index contributed by atoms with van der Waals surface area (Å²) in [5, 5.41) is 2.14. The van der Waals surface area contributed by atoms with Crippen LogP contribution in [0.5, 0.6) is 0 Å². The second-order valence-electron chi connectivity index (χ2n) is 6.77. The van der Waals surface area contributed by atoms with Gasteiger partial charge in [-0.25, -0.2) is 17.8 Å². The summed E-state index contributed by atoms with van der Waals surface area (Å²) in [5.74, 6) is -2.32. The Morgan fingerprint density at radius 2 is 1.97 bits per heavy atom. The zero-order valence-electron chi connectivity index (χ0n) is 17.1. The van der Waals surface area contributed by atoms with Crippen LogP contribution in [0.3, 0.4) is 0 Å². The van der Waals surface area contributed by atoms with E-state index in [0.29, 0.717) is 17.4 Å². The minimum atomic E-state index is -4.27. The third kappa shape index (κ3) is 5.83. The first-order valence-electron chi connectivity index (χ1n) is 9.22. The van der Waals surface area contributed by atoms with Crippen molar-refractivity contribution < 1.29 is 27.1 Å². The van der Waals surface area contributed by atoms with Crippen molar-refractivity contribution in [1.29, 1.82) is 0 Å². The molecule has 8 nitrogen and oxygen atoms in total. The number of esters is 1. The third-order valence-corrected chi connectivity index (χ3v) is 6.54. The molecule has 1 N–H and O–H groups in total. The quantitative estimate of drug-likeness (QED) is 0.581. The molecule has 11 heteroatoms. The number of halogens is 1. The Hall–Kier alpha value is -2.37. The molecule has 1 heterocycles. The van der Waals surface area contributed by atoms with E-state index in [2.05, 4.69) is 9.71 Å². The number of nitrogens with one attached hydrogen (secondary N) is 1. The van der Waals surface area contributed by atoms with E-state index in [9.17, 15) is 22.4 Å². The first kappa shape index (κ1) is 23.9. The molecule has 1 aromatic heterocycles. The Morgan fingerprint density at radius 1 is 1.30 bits per heavy atom. The normalized spacial score (nSPS) is 12.6. The van der Waals surface area contributed by atoms with Crippen LogP contribution in [0.2, 0.25) is 0 Å². The topological polar surface area (TPSA) is 106 Å². The predicted molar refractivity (Wildman–Crippen MR) is 111 cm³/mol. The second-order valence-corrected chi connectivity index (χ2v) is 9.28. The van der Waals surface area contributed by atoms with E-state index >= 15 is 0 Å². The predicted octanol–water partition coefficient (Wildman–Crippen LogP) is 2.70. The molecule has 30 heavy (non-hydrogen) atoms. The average Bonchev–Trinajstić information content (AvgIpc) is 3.13. The lowest BCUT2D eigenvalue weighted by Crippen LogP contribution is -2.45. The molecule has 0 saturated heterocycles. The number of carbonyl (C=O) groups excluding carboxylic acids is 2. The Morgan fingerprint density at radius 3 is 2.53 bits per heavy atom. The minimum absolute atomic E-state index is 0.155. The molecule has 1 amide bonds. The van der Waals surface area contributed by atoms with Crippen LogP contribution < -0.4 is 9.62 Å². The standard InChI is InChI=1S/C19H24FN3O5S2/c1-5-23(13(4)24)19-21-14(11-29-19)10-28-18(25)17(12(2)3)22-30(26,27)16-9-7-6-8-15(16)20/h6-9,11-12,17,22H,5,10H2,1-4H3/t17-/m0/s1. The molecule has 1 aromatic carbocycles. The van der Waals surface area contributed by atoms with Gasteiger partial charge in [-0.3, -0.25) is 14.5 Å². The first-order valence-corrected chi connectivity index (χ1v) is 11.6. The number of hydrogen-bond acceptors (Lipinski definition) is 7. The number of rotatable bonds is 9. The summed E-state index contributed by atoms with van der Waals surface area (Å²) in [6, 6.07) is 3.69. The van der Waals surface area contributed by atoms with Gasteiger partial charge in [-0.15, -0.1) is 11.3 Å². The van der Waals surface area contributed by atoms with Crippen molar-refractivity contribution >= 4 is 38.4 Å². The van der Waals surface area contributed by atoms with E-state index in [1.54, 1.807) is 19.2 Å². The van der Waals surface area contributed by atoms with E-state index in [1.165, 1.54) is 35.3 Å². The highest BCUT2D eigenvalue weighted by atomic mass is 32.2. The number of nitrogens with zero attached hydrogens (tertiary/aromatic N) is 2. The minimum Gasteiger partial charge on any atom is -0.458 e. The van der Waals surface area contributed by atoms with Crippen LogP contribution in [0.15, 0.2) is 34.5 Å². The summed E-state index contributed by atoms with van der Waals surface area (Å²) in [4.78, 5) is 29.3. The Bertz CT molecular complexity index is 1010. The molecule has 0 spiro atoms. The van der Waals surface area contributed by atoms with Gasteiger partial charge in [0.25, 0.3) is 0 Å². The van der Waals surface area contributed by atoms with Crippen LogP contribution in [-0.4, -0.2) is 37.9 Å². The maximum atomic E-state index is 13.9. The number of sulfonamides is 1. The zero-order chi connectivity index (χ0) is 22.5. The Kier molecular flexibility index (Phi) is 8.04. The SMILES string of the molecule is CCN(C(C)=O)c1nc(COC(=O)[C@@H](NS(=O)(=O)c2ccccc2F)C(C)C)cs1. The fraction of sp³-hybridized carbons (Fsp3) is 0.421. The molecule has 0 radical (unpaired) electrons. The number of ether oxygens (including phenoxy) is 1. The Labute approximate surface area is 179 Å². The van der Waals surface area contributed by atoms with Crippen molar-refractivity contribution in [3.63, 3.8) is 0 Å². The van der Waals surface area contributed by atoms with Crippen molar-refractivity contribution in [1.82, 2.24) is 9.71 Å². The number of aromatic nitrogens is 1. The van der Waals surface area contributed by atoms with E-state index in [4.69, 9.17) is 4.74 Å². The summed E-state index contributed by atoms with van der Waals surface area (Å²) in [7, 11) is -4.27. The molecule has 0 aliphatic carbocycles. The second kappa shape index (κ2) is 10.1. The highest BCUT2D eigenvalue weighted by molar-refractivity contribution is 7.89. The third-order valence-electron chi connectivity index (χ3n) is 4.16. The average molecular weight is 458 g/mol. The number of anilines is 1. The van der Waals surface area contributed by atoms with Crippen LogP contribution in [0.25, 0.3) is 0 Å². The van der Waals surface area contributed by atoms with Gasteiger partial charge in [0.05, 0.1) is 5.69 Å². The lowest BCUT2D eigenvalue weighted by molar-refractivity contribution is -0.148. The molecular weight excluding hydrogens is 433 g/mol. The molecule has 0 unspecified atom stereocenters. The maximum Gasteiger partial charge on any atom is 0.324 e. The Balaban J connectivity index is 2.09.